The zero-order valence-corrected chi connectivity index (χ0v) is 21.2. The third-order valence-corrected chi connectivity index (χ3v) is 6.23. The minimum atomic E-state index is -0.215. The second-order valence-corrected chi connectivity index (χ2v) is 9.06. The molecule has 0 spiro atoms. The van der Waals surface area contributed by atoms with Crippen LogP contribution in [0.3, 0.4) is 0 Å². The van der Waals surface area contributed by atoms with Crippen molar-refractivity contribution in [3.63, 3.8) is 0 Å². The Labute approximate surface area is 215 Å². The summed E-state index contributed by atoms with van der Waals surface area (Å²) in [5.74, 6) is 3.01. The lowest BCUT2D eigenvalue weighted by molar-refractivity contribution is 0.242. The Kier molecular flexibility index (Phi) is 11.2. The van der Waals surface area contributed by atoms with E-state index in [1.54, 1.807) is 12.1 Å². The Morgan fingerprint density at radius 3 is 2.06 bits per heavy atom. The van der Waals surface area contributed by atoms with Crippen LogP contribution in [0.5, 0.6) is 5.75 Å². The highest BCUT2D eigenvalue weighted by Gasteiger charge is 2.11. The van der Waals surface area contributed by atoms with Crippen molar-refractivity contribution >= 4 is 11.9 Å². The van der Waals surface area contributed by atoms with Crippen LogP contribution in [-0.4, -0.2) is 16.4 Å². The first-order valence-electron chi connectivity index (χ1n) is 12.9. The van der Waals surface area contributed by atoms with Crippen molar-refractivity contribution in [3.8, 4) is 18.1 Å². The van der Waals surface area contributed by atoms with Crippen molar-refractivity contribution in [2.45, 2.75) is 71.7 Å². The second-order valence-electron chi connectivity index (χ2n) is 9.06. The molecule has 0 radical (unpaired) electrons. The van der Waals surface area contributed by atoms with Crippen molar-refractivity contribution in [1.82, 2.24) is 0 Å². The molecular weight excluding hydrogens is 446 g/mol. The van der Waals surface area contributed by atoms with Gasteiger partial charge in [0.2, 0.25) is 0 Å². The minimum absolute atomic E-state index is 0.215. The first-order chi connectivity index (χ1) is 17.7. The van der Waals surface area contributed by atoms with Gasteiger partial charge in [-0.1, -0.05) is 81.3 Å². The number of ether oxygens (including phenoxy) is 1. The smallest absolute Gasteiger partial charge is 0.130 e. The van der Waals surface area contributed by atoms with E-state index in [-0.39, 0.29) is 13.2 Å². The van der Waals surface area contributed by atoms with Gasteiger partial charge in [-0.25, -0.2) is 0 Å². The lowest BCUT2D eigenvalue weighted by atomic mass is 10.0. The van der Waals surface area contributed by atoms with Crippen LogP contribution in [0.25, 0.3) is 0 Å². The summed E-state index contributed by atoms with van der Waals surface area (Å²) in [6.07, 6.45) is 16.4. The Morgan fingerprint density at radius 2 is 1.44 bits per heavy atom. The van der Waals surface area contributed by atoms with E-state index in [1.807, 2.05) is 30.5 Å². The van der Waals surface area contributed by atoms with E-state index in [4.69, 9.17) is 11.2 Å². The first kappa shape index (κ1) is 27.2. The molecule has 0 bridgehead atoms. The fourth-order valence-corrected chi connectivity index (χ4v) is 4.12. The molecule has 2 N–H and O–H groups in total. The van der Waals surface area contributed by atoms with Crippen LogP contribution in [0, 0.1) is 12.3 Å². The number of terminal acetylenes is 1. The third kappa shape index (κ3) is 8.37. The third-order valence-electron chi connectivity index (χ3n) is 6.23. The maximum absolute atomic E-state index is 9.69. The summed E-state index contributed by atoms with van der Waals surface area (Å²) in [6, 6.07) is 19.9. The van der Waals surface area contributed by atoms with Gasteiger partial charge in [0.15, 0.2) is 0 Å². The molecular formula is C32H37NO3. The number of aliphatic imine (C=N–C) groups is 1. The number of nitrogens with zero attached hydrogens (tertiary/aromatic N) is 1. The van der Waals surface area contributed by atoms with Gasteiger partial charge in [0.25, 0.3) is 0 Å². The van der Waals surface area contributed by atoms with Gasteiger partial charge in [0, 0.05) is 22.9 Å². The molecule has 36 heavy (non-hydrogen) atoms. The number of hydrogen-bond acceptors (Lipinski definition) is 4. The zero-order valence-electron chi connectivity index (χ0n) is 21.2. The molecule has 4 heteroatoms. The van der Waals surface area contributed by atoms with E-state index in [2.05, 4.69) is 42.1 Å². The van der Waals surface area contributed by atoms with Crippen molar-refractivity contribution in [1.29, 1.82) is 0 Å². The quantitative estimate of drug-likeness (QED) is 0.149. The zero-order chi connectivity index (χ0) is 25.6. The average Bonchev–Trinajstić information content (AvgIpc) is 2.93. The van der Waals surface area contributed by atoms with Gasteiger partial charge in [-0.3, -0.25) is 4.99 Å². The lowest BCUT2D eigenvalue weighted by Gasteiger charge is -2.15. The van der Waals surface area contributed by atoms with E-state index < -0.39 is 0 Å². The van der Waals surface area contributed by atoms with Gasteiger partial charge in [0.05, 0.1) is 18.9 Å². The lowest BCUT2D eigenvalue weighted by Crippen LogP contribution is -2.03. The molecule has 3 aromatic rings. The molecule has 188 valence electrons. The Bertz CT molecular complexity index is 1120. The van der Waals surface area contributed by atoms with Crippen LogP contribution in [0.2, 0.25) is 0 Å². The molecule has 0 atom stereocenters. The summed E-state index contributed by atoms with van der Waals surface area (Å²) in [5, 5.41) is 19.4. The predicted octanol–water partition coefficient (Wildman–Crippen LogP) is 6.89. The molecule has 0 aliphatic heterocycles. The molecule has 0 aromatic heterocycles. The van der Waals surface area contributed by atoms with Crippen LogP contribution in [0.15, 0.2) is 65.7 Å². The number of rotatable bonds is 14. The molecule has 0 fully saturated rings. The van der Waals surface area contributed by atoms with E-state index in [9.17, 15) is 10.2 Å². The highest BCUT2D eigenvalue weighted by atomic mass is 16.5. The molecule has 0 amide bonds. The van der Waals surface area contributed by atoms with Gasteiger partial charge in [-0.2, -0.15) is 0 Å². The number of aliphatic hydroxyl groups is 2. The van der Waals surface area contributed by atoms with Crippen molar-refractivity contribution in [3.05, 3.63) is 94.0 Å². The molecule has 4 nitrogen and oxygen atoms in total. The van der Waals surface area contributed by atoms with Gasteiger partial charge in [-0.15, -0.1) is 6.42 Å². The maximum atomic E-state index is 9.69. The number of unbranched alkanes of at least 4 members (excludes halogenated alkanes) is 5. The summed E-state index contributed by atoms with van der Waals surface area (Å²) >= 11 is 0. The standard InChI is InChI=1S/C32H37NO3/c1-3-5-6-7-8-9-10-26-15-17-31(18-16-26)33-21-27-11-13-28(14-12-27)24-36-32-29(22-34)19-25(4-2)20-30(32)23-35/h2,11-21,34-35H,3,5-10,22-24H2,1H3. The molecule has 0 unspecified atom stereocenters. The summed E-state index contributed by atoms with van der Waals surface area (Å²) in [7, 11) is 0. The van der Waals surface area contributed by atoms with Crippen molar-refractivity contribution in [2.75, 3.05) is 0 Å². The summed E-state index contributed by atoms with van der Waals surface area (Å²) in [5.41, 5.74) is 6.02. The van der Waals surface area contributed by atoms with Crippen LogP contribution < -0.4 is 4.74 Å². The second kappa shape index (κ2) is 14.9. The summed E-state index contributed by atoms with van der Waals surface area (Å²) in [6.45, 7) is 2.13. The van der Waals surface area contributed by atoms with Crippen LogP contribution in [0.4, 0.5) is 5.69 Å². The molecule has 0 aliphatic carbocycles. The molecule has 3 rings (SSSR count). The first-order valence-corrected chi connectivity index (χ1v) is 12.9. The predicted molar refractivity (Wildman–Crippen MR) is 148 cm³/mol. The van der Waals surface area contributed by atoms with Gasteiger partial charge in [0.1, 0.15) is 12.4 Å². The summed E-state index contributed by atoms with van der Waals surface area (Å²) in [4.78, 5) is 4.60. The Morgan fingerprint density at radius 1 is 0.833 bits per heavy atom. The van der Waals surface area contributed by atoms with E-state index in [1.165, 1.54) is 44.1 Å². The summed E-state index contributed by atoms with van der Waals surface area (Å²) < 4.78 is 5.95. The highest BCUT2D eigenvalue weighted by molar-refractivity contribution is 5.81. The number of benzene rings is 3. The van der Waals surface area contributed by atoms with Crippen LogP contribution >= 0.6 is 0 Å². The fraction of sp³-hybridized carbons (Fsp3) is 0.344. The number of aryl methyl sites for hydroxylation is 1. The van der Waals surface area contributed by atoms with E-state index >= 15 is 0 Å². The fourth-order valence-electron chi connectivity index (χ4n) is 4.12. The normalized spacial score (nSPS) is 11.1. The van der Waals surface area contributed by atoms with Gasteiger partial charge >= 0.3 is 0 Å². The molecule has 0 heterocycles. The number of hydrogen-bond donors (Lipinski definition) is 2. The Balaban J connectivity index is 1.52. The maximum Gasteiger partial charge on any atom is 0.130 e. The number of aliphatic hydroxyl groups excluding tert-OH is 2. The minimum Gasteiger partial charge on any atom is -0.488 e. The largest absolute Gasteiger partial charge is 0.488 e. The molecule has 0 saturated heterocycles. The Hall–Kier alpha value is -3.39. The van der Waals surface area contributed by atoms with Crippen molar-refractivity contribution in [2.24, 2.45) is 4.99 Å². The topological polar surface area (TPSA) is 62.0 Å². The van der Waals surface area contributed by atoms with E-state index in [0.717, 1.165) is 23.2 Å². The van der Waals surface area contributed by atoms with Gasteiger partial charge < -0.3 is 14.9 Å². The molecule has 0 aliphatic rings. The van der Waals surface area contributed by atoms with Crippen LogP contribution in [-0.2, 0) is 26.2 Å². The average molecular weight is 484 g/mol. The SMILES string of the molecule is C#Cc1cc(CO)c(OCc2ccc(C=Nc3ccc(CCCCCCCC)cc3)cc2)c(CO)c1. The molecule has 3 aromatic carbocycles. The monoisotopic (exact) mass is 483 g/mol. The van der Waals surface area contributed by atoms with E-state index in [0.29, 0.717) is 29.0 Å². The molecule has 0 saturated carbocycles. The van der Waals surface area contributed by atoms with Crippen LogP contribution in [0.1, 0.15) is 78.8 Å². The van der Waals surface area contributed by atoms with Crippen molar-refractivity contribution < 1.29 is 14.9 Å². The highest BCUT2D eigenvalue weighted by Crippen LogP contribution is 2.27. The van der Waals surface area contributed by atoms with Gasteiger partial charge in [-0.05, 0) is 53.8 Å².